The summed E-state index contributed by atoms with van der Waals surface area (Å²) in [6.45, 7) is 3.46. The first-order chi connectivity index (χ1) is 6.50. The second-order valence-corrected chi connectivity index (χ2v) is 6.15. The Morgan fingerprint density at radius 1 is 1.07 bits per heavy atom. The molecule has 86 valence electrons. The van der Waals surface area contributed by atoms with Gasteiger partial charge in [0.2, 0.25) is 0 Å². The molecule has 1 atom stereocenters. The van der Waals surface area contributed by atoms with Crippen LogP contribution in [0.2, 0.25) is 0 Å². The van der Waals surface area contributed by atoms with Crippen LogP contribution in [0.5, 0.6) is 0 Å². The van der Waals surface area contributed by atoms with Crippen LogP contribution < -0.4 is 0 Å². The highest BCUT2D eigenvalue weighted by Gasteiger charge is 2.16. The maximum Gasteiger partial charge on any atom is 0.176 e. The summed E-state index contributed by atoms with van der Waals surface area (Å²) in [6, 6.07) is 0. The van der Waals surface area contributed by atoms with E-state index in [0.29, 0.717) is 6.42 Å². The largest absolute Gasteiger partial charge is 0.377 e. The average molecular weight is 222 g/mol. The summed E-state index contributed by atoms with van der Waals surface area (Å²) in [7, 11) is -3.24. The van der Waals surface area contributed by atoms with E-state index in [9.17, 15) is 8.42 Å². The van der Waals surface area contributed by atoms with Gasteiger partial charge in [-0.05, 0) is 13.3 Å². The fraction of sp³-hybridized carbons (Fsp3) is 1.00. The van der Waals surface area contributed by atoms with Crippen LogP contribution in [0.25, 0.3) is 0 Å². The maximum atomic E-state index is 11.2. The van der Waals surface area contributed by atoms with Crippen molar-refractivity contribution in [3.63, 3.8) is 0 Å². The lowest BCUT2D eigenvalue weighted by Gasteiger charge is -2.06. The van der Waals surface area contributed by atoms with Gasteiger partial charge >= 0.3 is 0 Å². The molecule has 0 amide bonds. The first kappa shape index (κ1) is 13.9. The topological polar surface area (TPSA) is 54.4 Å². The number of aliphatic hydroxyl groups is 1. The molecule has 0 spiro atoms. The summed E-state index contributed by atoms with van der Waals surface area (Å²) in [5, 5.41) is 8.93. The van der Waals surface area contributed by atoms with Crippen molar-refractivity contribution in [2.75, 3.05) is 5.75 Å². The molecule has 0 saturated carbocycles. The van der Waals surface area contributed by atoms with Crippen LogP contribution in [-0.4, -0.2) is 24.7 Å². The molecule has 0 bridgehead atoms. The van der Waals surface area contributed by atoms with Crippen molar-refractivity contribution in [1.82, 2.24) is 0 Å². The number of rotatable bonds is 8. The quantitative estimate of drug-likeness (QED) is 0.640. The van der Waals surface area contributed by atoms with E-state index in [2.05, 4.69) is 6.92 Å². The van der Waals surface area contributed by atoms with Crippen LogP contribution >= 0.6 is 0 Å². The van der Waals surface area contributed by atoms with E-state index >= 15 is 0 Å². The molecule has 0 saturated heterocycles. The van der Waals surface area contributed by atoms with Crippen LogP contribution in [0.15, 0.2) is 0 Å². The molecule has 0 aromatic rings. The third-order valence-electron chi connectivity index (χ3n) is 2.30. The zero-order valence-corrected chi connectivity index (χ0v) is 10.0. The van der Waals surface area contributed by atoms with E-state index in [-0.39, 0.29) is 5.75 Å². The lowest BCUT2D eigenvalue weighted by molar-refractivity contribution is 0.268. The Balaban J connectivity index is 3.46. The Morgan fingerprint density at radius 2 is 1.57 bits per heavy atom. The molecule has 4 heteroatoms. The molecule has 1 N–H and O–H groups in total. The van der Waals surface area contributed by atoms with Gasteiger partial charge < -0.3 is 5.11 Å². The molecule has 14 heavy (non-hydrogen) atoms. The fourth-order valence-corrected chi connectivity index (χ4v) is 2.20. The highest BCUT2D eigenvalue weighted by Crippen LogP contribution is 2.08. The standard InChI is InChI=1S/C10H22O3S/c1-3-4-5-6-7-8-9-14(12,13)10(2)11/h10-11H,3-9H2,1-2H3. The molecule has 0 aliphatic carbocycles. The summed E-state index contributed by atoms with van der Waals surface area (Å²) in [5.74, 6) is 0.122. The minimum absolute atomic E-state index is 0.122. The maximum absolute atomic E-state index is 11.2. The molecule has 0 radical (unpaired) electrons. The molecular formula is C10H22O3S. The van der Waals surface area contributed by atoms with Crippen LogP contribution in [0.3, 0.4) is 0 Å². The molecular weight excluding hydrogens is 200 g/mol. The fourth-order valence-electron chi connectivity index (χ4n) is 1.25. The molecule has 0 rings (SSSR count). The van der Waals surface area contributed by atoms with Crippen LogP contribution in [-0.2, 0) is 9.84 Å². The van der Waals surface area contributed by atoms with Crippen molar-refractivity contribution in [3.8, 4) is 0 Å². The minimum Gasteiger partial charge on any atom is -0.377 e. The summed E-state index contributed by atoms with van der Waals surface area (Å²) in [5.41, 5.74) is -1.21. The van der Waals surface area contributed by atoms with Gasteiger partial charge in [0.1, 0.15) is 0 Å². The van der Waals surface area contributed by atoms with Gasteiger partial charge in [-0.2, -0.15) is 0 Å². The lowest BCUT2D eigenvalue weighted by Crippen LogP contribution is -2.20. The molecule has 0 aliphatic rings. The first-order valence-corrected chi connectivity index (χ1v) is 7.12. The van der Waals surface area contributed by atoms with E-state index in [1.807, 2.05) is 0 Å². The highest BCUT2D eigenvalue weighted by molar-refractivity contribution is 7.91. The molecule has 0 heterocycles. The first-order valence-electron chi connectivity index (χ1n) is 5.40. The zero-order chi connectivity index (χ0) is 11.0. The molecule has 0 aromatic heterocycles. The summed E-state index contributed by atoms with van der Waals surface area (Å²) >= 11 is 0. The Bertz CT molecular complexity index is 220. The third kappa shape index (κ3) is 6.38. The Labute approximate surface area is 87.4 Å². The van der Waals surface area contributed by atoms with E-state index in [1.54, 1.807) is 0 Å². The van der Waals surface area contributed by atoms with Gasteiger partial charge in [-0.15, -0.1) is 0 Å². The summed E-state index contributed by atoms with van der Waals surface area (Å²) < 4.78 is 22.3. The van der Waals surface area contributed by atoms with Crippen molar-refractivity contribution >= 4 is 9.84 Å². The van der Waals surface area contributed by atoms with E-state index in [4.69, 9.17) is 5.11 Å². The predicted molar refractivity (Wildman–Crippen MR) is 58.8 cm³/mol. The Hall–Kier alpha value is -0.0900. The van der Waals surface area contributed by atoms with Gasteiger partial charge in [-0.25, -0.2) is 8.42 Å². The molecule has 3 nitrogen and oxygen atoms in total. The smallest absolute Gasteiger partial charge is 0.176 e. The summed E-state index contributed by atoms with van der Waals surface area (Å²) in [6.07, 6.45) is 6.34. The number of hydrogen-bond donors (Lipinski definition) is 1. The van der Waals surface area contributed by atoms with Gasteiger partial charge in [0.15, 0.2) is 15.3 Å². The third-order valence-corrected chi connectivity index (χ3v) is 4.20. The van der Waals surface area contributed by atoms with Crippen molar-refractivity contribution in [2.24, 2.45) is 0 Å². The van der Waals surface area contributed by atoms with Crippen molar-refractivity contribution in [1.29, 1.82) is 0 Å². The number of sulfone groups is 1. The van der Waals surface area contributed by atoms with Crippen LogP contribution in [0, 0.1) is 0 Å². The Kier molecular flexibility index (Phi) is 7.19. The SMILES string of the molecule is CCCCCCCCS(=O)(=O)C(C)O. The van der Waals surface area contributed by atoms with Crippen LogP contribution in [0.1, 0.15) is 52.4 Å². The second kappa shape index (κ2) is 7.23. The normalized spacial score (nSPS) is 14.2. The van der Waals surface area contributed by atoms with Gasteiger partial charge in [-0.1, -0.05) is 39.0 Å². The minimum atomic E-state index is -3.24. The average Bonchev–Trinajstić information content (AvgIpc) is 2.10. The molecule has 0 aliphatic heterocycles. The number of unbranched alkanes of at least 4 members (excludes halogenated alkanes) is 5. The van der Waals surface area contributed by atoms with E-state index < -0.39 is 15.3 Å². The zero-order valence-electron chi connectivity index (χ0n) is 9.20. The second-order valence-electron chi connectivity index (χ2n) is 3.73. The summed E-state index contributed by atoms with van der Waals surface area (Å²) in [4.78, 5) is 0. The van der Waals surface area contributed by atoms with Gasteiger partial charge in [0, 0.05) is 0 Å². The lowest BCUT2D eigenvalue weighted by atomic mass is 10.1. The predicted octanol–water partition coefficient (Wildman–Crippen LogP) is 2.10. The molecule has 1 unspecified atom stereocenters. The van der Waals surface area contributed by atoms with Crippen molar-refractivity contribution in [2.45, 2.75) is 57.8 Å². The number of hydrogen-bond acceptors (Lipinski definition) is 3. The number of aliphatic hydroxyl groups excluding tert-OH is 1. The van der Waals surface area contributed by atoms with E-state index in [1.165, 1.54) is 26.2 Å². The van der Waals surface area contributed by atoms with Crippen molar-refractivity contribution < 1.29 is 13.5 Å². The monoisotopic (exact) mass is 222 g/mol. The van der Waals surface area contributed by atoms with Crippen LogP contribution in [0.4, 0.5) is 0 Å². The van der Waals surface area contributed by atoms with Gasteiger partial charge in [-0.3, -0.25) is 0 Å². The van der Waals surface area contributed by atoms with E-state index in [0.717, 1.165) is 12.8 Å². The van der Waals surface area contributed by atoms with Gasteiger partial charge in [0.05, 0.1) is 5.75 Å². The molecule has 0 aromatic carbocycles. The highest BCUT2D eigenvalue weighted by atomic mass is 32.2. The Morgan fingerprint density at radius 3 is 2.07 bits per heavy atom. The van der Waals surface area contributed by atoms with Crippen molar-refractivity contribution in [3.05, 3.63) is 0 Å². The molecule has 0 fully saturated rings. The van der Waals surface area contributed by atoms with Gasteiger partial charge in [0.25, 0.3) is 0 Å².